The van der Waals surface area contributed by atoms with Crippen LogP contribution in [0, 0.1) is 6.92 Å². The molecule has 1 aromatic heterocycles. The third-order valence-electron chi connectivity index (χ3n) is 4.01. The fourth-order valence-corrected chi connectivity index (χ4v) is 3.64. The number of hydrogen-bond acceptors (Lipinski definition) is 5. The van der Waals surface area contributed by atoms with E-state index in [0.717, 1.165) is 26.8 Å². The van der Waals surface area contributed by atoms with Crippen molar-refractivity contribution in [1.82, 2.24) is 15.2 Å². The number of hydrogen-bond donors (Lipinski definition) is 3. The quantitative estimate of drug-likeness (QED) is 0.263. The zero-order valence-corrected chi connectivity index (χ0v) is 16.2. The molecule has 3 aromatic rings. The molecule has 0 saturated heterocycles. The van der Waals surface area contributed by atoms with Crippen LogP contribution in [0.2, 0.25) is 5.02 Å². The lowest BCUT2D eigenvalue weighted by Gasteiger charge is -2.20. The Morgan fingerprint density at radius 1 is 1.26 bits per heavy atom. The molecule has 7 nitrogen and oxygen atoms in total. The van der Waals surface area contributed by atoms with Gasteiger partial charge in [0.1, 0.15) is 5.03 Å². The average molecular weight is 403 g/mol. The van der Waals surface area contributed by atoms with Gasteiger partial charge in [-0.3, -0.25) is 5.43 Å². The molecule has 2 amide bonds. The van der Waals surface area contributed by atoms with Crippen LogP contribution in [-0.4, -0.2) is 15.8 Å². The van der Waals surface area contributed by atoms with E-state index in [0.29, 0.717) is 16.5 Å². The van der Waals surface area contributed by atoms with E-state index < -0.39 is 6.03 Å². The van der Waals surface area contributed by atoms with Crippen LogP contribution in [0.1, 0.15) is 11.1 Å². The Morgan fingerprint density at radius 3 is 2.70 bits per heavy atom. The number of hydrazine groups is 2. The van der Waals surface area contributed by atoms with Crippen LogP contribution in [0.25, 0.3) is 5.69 Å². The molecular weight excluding hydrogens is 384 g/mol. The predicted molar refractivity (Wildman–Crippen MR) is 109 cm³/mol. The monoisotopic (exact) mass is 402 g/mol. The van der Waals surface area contributed by atoms with Gasteiger partial charge in [0.15, 0.2) is 0 Å². The van der Waals surface area contributed by atoms with Gasteiger partial charge >= 0.3 is 6.03 Å². The van der Waals surface area contributed by atoms with E-state index >= 15 is 0 Å². The summed E-state index contributed by atoms with van der Waals surface area (Å²) in [4.78, 5) is 11.8. The van der Waals surface area contributed by atoms with Gasteiger partial charge in [0, 0.05) is 17.0 Å². The first-order chi connectivity index (χ1) is 13.0. The summed E-state index contributed by atoms with van der Waals surface area (Å²) in [6, 6.07) is 14.4. The average Bonchev–Trinajstić information content (AvgIpc) is 3.15. The number of halogens is 1. The second-order valence-electron chi connectivity index (χ2n) is 5.76. The maximum absolute atomic E-state index is 11.8. The molecule has 1 heterocycles. The van der Waals surface area contributed by atoms with Gasteiger partial charge in [-0.1, -0.05) is 35.5 Å². The van der Waals surface area contributed by atoms with Gasteiger partial charge in [0.25, 0.3) is 0 Å². The Balaban J connectivity index is 1.77. The highest BCUT2D eigenvalue weighted by Crippen LogP contribution is 2.30. The highest BCUT2D eigenvalue weighted by molar-refractivity contribution is 7.98. The number of carbonyl (C=O) groups is 1. The zero-order valence-electron chi connectivity index (χ0n) is 14.6. The number of aryl methyl sites for hydroxylation is 1. The summed E-state index contributed by atoms with van der Waals surface area (Å²) in [6.45, 7) is 1.97. The standard InChI is InChI=1S/C18H19ClN6OS/c1-12-3-2-4-16(25(21)18(26)22-20)15(12)11-27-17-9-10-24(23-17)14-7-5-13(19)6-8-14/h2-10H,11,20-21H2,1H3,(H,22,26). The SMILES string of the molecule is Cc1cccc(N(N)C(=O)NN)c1CSc1ccn(-c2ccc(Cl)cc2)n1. The molecule has 0 fully saturated rings. The van der Waals surface area contributed by atoms with Crippen LogP contribution < -0.4 is 22.1 Å². The van der Waals surface area contributed by atoms with E-state index in [1.807, 2.05) is 61.0 Å². The van der Waals surface area contributed by atoms with Crippen LogP contribution in [0.15, 0.2) is 59.8 Å². The molecule has 0 unspecified atom stereocenters. The summed E-state index contributed by atoms with van der Waals surface area (Å²) in [7, 11) is 0. The Hall–Kier alpha value is -2.52. The van der Waals surface area contributed by atoms with E-state index in [4.69, 9.17) is 23.3 Å². The molecule has 27 heavy (non-hydrogen) atoms. The second kappa shape index (κ2) is 8.45. The molecular formula is C18H19ClN6OS. The van der Waals surface area contributed by atoms with Crippen LogP contribution in [0.5, 0.6) is 0 Å². The van der Waals surface area contributed by atoms with Gasteiger partial charge in [-0.25, -0.2) is 26.2 Å². The maximum Gasteiger partial charge on any atom is 0.350 e. The van der Waals surface area contributed by atoms with Gasteiger partial charge in [-0.05, 0) is 54.4 Å². The molecule has 0 atom stereocenters. The van der Waals surface area contributed by atoms with Crippen molar-refractivity contribution in [2.75, 3.05) is 5.01 Å². The lowest BCUT2D eigenvalue weighted by Crippen LogP contribution is -2.48. The summed E-state index contributed by atoms with van der Waals surface area (Å²) >= 11 is 7.48. The van der Waals surface area contributed by atoms with Gasteiger partial charge in [0.2, 0.25) is 0 Å². The first kappa shape index (κ1) is 19.2. The molecule has 9 heteroatoms. The van der Waals surface area contributed by atoms with Crippen LogP contribution in [0.3, 0.4) is 0 Å². The van der Waals surface area contributed by atoms with Gasteiger partial charge in [0.05, 0.1) is 11.4 Å². The van der Waals surface area contributed by atoms with Gasteiger partial charge in [-0.15, -0.1) is 0 Å². The van der Waals surface area contributed by atoms with Gasteiger partial charge in [-0.2, -0.15) is 5.10 Å². The number of carbonyl (C=O) groups excluding carboxylic acids is 1. The minimum absolute atomic E-state index is 0.584. The largest absolute Gasteiger partial charge is 0.350 e. The number of anilines is 1. The van der Waals surface area contributed by atoms with Crippen molar-refractivity contribution in [1.29, 1.82) is 0 Å². The number of aromatic nitrogens is 2. The van der Waals surface area contributed by atoms with E-state index in [-0.39, 0.29) is 0 Å². The number of urea groups is 1. The van der Waals surface area contributed by atoms with Crippen molar-refractivity contribution in [3.63, 3.8) is 0 Å². The highest BCUT2D eigenvalue weighted by atomic mass is 35.5. The highest BCUT2D eigenvalue weighted by Gasteiger charge is 2.16. The van der Waals surface area contributed by atoms with Crippen molar-refractivity contribution < 1.29 is 4.79 Å². The first-order valence-corrected chi connectivity index (χ1v) is 9.44. The molecule has 0 aliphatic rings. The summed E-state index contributed by atoms with van der Waals surface area (Å²) in [5, 5.41) is 7.12. The second-order valence-corrected chi connectivity index (χ2v) is 7.19. The Bertz CT molecular complexity index is 943. The number of nitrogens with one attached hydrogen (secondary N) is 1. The Morgan fingerprint density at radius 2 is 2.00 bits per heavy atom. The third-order valence-corrected chi connectivity index (χ3v) is 5.21. The molecule has 140 valence electrons. The van der Waals surface area contributed by atoms with E-state index in [1.54, 1.807) is 22.5 Å². The topological polar surface area (TPSA) is 102 Å². The molecule has 2 aromatic carbocycles. The third kappa shape index (κ3) is 4.42. The van der Waals surface area contributed by atoms with Crippen molar-refractivity contribution in [2.24, 2.45) is 11.7 Å². The van der Waals surface area contributed by atoms with Crippen LogP contribution in [-0.2, 0) is 5.75 Å². The Labute approximate surface area is 166 Å². The van der Waals surface area contributed by atoms with Crippen molar-refractivity contribution in [2.45, 2.75) is 17.7 Å². The summed E-state index contributed by atoms with van der Waals surface area (Å²) in [5.74, 6) is 11.7. The maximum atomic E-state index is 11.8. The minimum atomic E-state index is -0.584. The summed E-state index contributed by atoms with van der Waals surface area (Å²) < 4.78 is 1.79. The smallest absolute Gasteiger partial charge is 0.274 e. The number of benzene rings is 2. The van der Waals surface area contributed by atoms with E-state index in [1.165, 1.54) is 0 Å². The van der Waals surface area contributed by atoms with Crippen molar-refractivity contribution >= 4 is 35.1 Å². The van der Waals surface area contributed by atoms with Crippen LogP contribution in [0.4, 0.5) is 10.5 Å². The predicted octanol–water partition coefficient (Wildman–Crippen LogP) is 3.39. The van der Waals surface area contributed by atoms with E-state index in [9.17, 15) is 4.79 Å². The minimum Gasteiger partial charge on any atom is -0.274 e. The molecule has 5 N–H and O–H groups in total. The van der Waals surface area contributed by atoms with Gasteiger partial charge < -0.3 is 0 Å². The molecule has 0 spiro atoms. The normalized spacial score (nSPS) is 10.7. The molecule has 0 bridgehead atoms. The lowest BCUT2D eigenvalue weighted by molar-refractivity contribution is 0.246. The number of amides is 2. The van der Waals surface area contributed by atoms with Crippen molar-refractivity contribution in [3.8, 4) is 5.69 Å². The Kier molecular flexibility index (Phi) is 6.02. The van der Waals surface area contributed by atoms with E-state index in [2.05, 4.69) is 5.10 Å². The fourth-order valence-electron chi connectivity index (χ4n) is 2.55. The number of nitrogens with zero attached hydrogens (tertiary/aromatic N) is 3. The number of thioether (sulfide) groups is 1. The summed E-state index contributed by atoms with van der Waals surface area (Å²) in [6.07, 6.45) is 1.89. The van der Waals surface area contributed by atoms with Crippen LogP contribution >= 0.6 is 23.4 Å². The molecule has 0 aliphatic carbocycles. The number of rotatable bonds is 5. The summed E-state index contributed by atoms with van der Waals surface area (Å²) in [5.41, 5.74) is 5.53. The molecule has 0 radical (unpaired) electrons. The molecule has 0 aliphatic heterocycles. The first-order valence-electron chi connectivity index (χ1n) is 8.08. The van der Waals surface area contributed by atoms with Crippen molar-refractivity contribution in [3.05, 3.63) is 70.9 Å². The molecule has 0 saturated carbocycles. The fraction of sp³-hybridized carbons (Fsp3) is 0.111. The molecule has 3 rings (SSSR count). The number of nitrogens with two attached hydrogens (primary N) is 2. The lowest BCUT2D eigenvalue weighted by atomic mass is 10.1. The zero-order chi connectivity index (χ0) is 19.4.